The Balaban J connectivity index is 1.55. The van der Waals surface area contributed by atoms with E-state index in [-0.39, 0.29) is 24.8 Å². The van der Waals surface area contributed by atoms with Crippen molar-refractivity contribution in [3.8, 4) is 35.6 Å². The van der Waals surface area contributed by atoms with Gasteiger partial charge in [0, 0.05) is 24.9 Å². The third-order valence-electron chi connectivity index (χ3n) is 7.54. The van der Waals surface area contributed by atoms with Crippen LogP contribution in [0.4, 0.5) is 0 Å². The first kappa shape index (κ1) is 36.6. The molecule has 1 unspecified atom stereocenters. The zero-order valence-electron chi connectivity index (χ0n) is 26.7. The van der Waals surface area contributed by atoms with E-state index in [0.717, 1.165) is 11.1 Å². The van der Waals surface area contributed by atoms with Gasteiger partial charge in [-0.05, 0) is 62.2 Å². The Labute approximate surface area is 275 Å². The minimum absolute atomic E-state index is 0.0653. The molecule has 246 valence electrons. The van der Waals surface area contributed by atoms with Crippen LogP contribution in [-0.2, 0) is 20.7 Å². The maximum atomic E-state index is 12.5. The van der Waals surface area contributed by atoms with E-state index >= 15 is 0 Å². The number of ether oxygens (including phenoxy) is 2. The van der Waals surface area contributed by atoms with Crippen molar-refractivity contribution < 1.29 is 34.4 Å². The number of aliphatic hydroxyl groups is 3. The van der Waals surface area contributed by atoms with Crippen LogP contribution in [-0.4, -0.2) is 102 Å². The SMILES string of the molecule is C#CCN(C)CCNC(=O)C(C)(C)NC(=O)CCOc1ccc(Cc2cc([C@@H]3OC(C#SC)[C@@H](O)[C@H](O)[C@H]3O)ccc2C#C)cc1. The first-order valence-corrected chi connectivity index (χ1v) is 16.1. The fourth-order valence-electron chi connectivity index (χ4n) is 4.92. The van der Waals surface area contributed by atoms with E-state index in [1.54, 1.807) is 44.4 Å². The van der Waals surface area contributed by atoms with Crippen LogP contribution in [0, 0.1) is 29.9 Å². The zero-order chi connectivity index (χ0) is 33.9. The van der Waals surface area contributed by atoms with Crippen molar-refractivity contribution in [2.24, 2.45) is 0 Å². The Hall–Kier alpha value is -3.90. The molecule has 11 heteroatoms. The smallest absolute Gasteiger partial charge is 0.245 e. The number of carbonyl (C=O) groups excluding carboxylic acids is 2. The molecule has 10 nitrogen and oxygen atoms in total. The van der Waals surface area contributed by atoms with E-state index in [9.17, 15) is 24.9 Å². The summed E-state index contributed by atoms with van der Waals surface area (Å²) < 4.78 is 11.7. The van der Waals surface area contributed by atoms with Crippen LogP contribution in [0.2, 0.25) is 0 Å². The molecule has 1 aliphatic rings. The van der Waals surface area contributed by atoms with Crippen molar-refractivity contribution in [1.82, 2.24) is 15.5 Å². The molecule has 1 saturated heterocycles. The standard InChI is InChI=1S/C35H43N3O7S/c1-7-17-38(5)18-16-36-34(43)35(3,4)37-29(39)15-19-44-27-13-9-23(10-14-27)20-26-21-25(12-11-24(26)8-2)33-32(42)31(41)30(40)28(45-33)22-46-6/h1-2,9-14,21,28,30-33,40-42H,15-20H2,3-6H3,(H,36,43)(H,37,39)/t28?,30-,31+,32-,33+/m1/s1. The second kappa shape index (κ2) is 17.1. The summed E-state index contributed by atoms with van der Waals surface area (Å²) in [6.07, 6.45) is 7.58. The third kappa shape index (κ3) is 10.1. The predicted molar refractivity (Wildman–Crippen MR) is 178 cm³/mol. The molecule has 0 aromatic heterocycles. The molecule has 2 amide bonds. The number of rotatable bonds is 13. The summed E-state index contributed by atoms with van der Waals surface area (Å²) in [7, 11) is 1.86. The summed E-state index contributed by atoms with van der Waals surface area (Å²) in [6, 6.07) is 12.7. The van der Waals surface area contributed by atoms with Gasteiger partial charge in [-0.3, -0.25) is 14.5 Å². The van der Waals surface area contributed by atoms with Gasteiger partial charge in [-0.1, -0.05) is 41.3 Å². The quantitative estimate of drug-likeness (QED) is 0.206. The first-order chi connectivity index (χ1) is 21.9. The lowest BCUT2D eigenvalue weighted by Gasteiger charge is -2.39. The average molecular weight is 650 g/mol. The molecule has 1 heterocycles. The molecule has 0 saturated carbocycles. The van der Waals surface area contributed by atoms with Crippen molar-refractivity contribution in [2.45, 2.75) is 62.7 Å². The fraction of sp³-hybridized carbons (Fsp3) is 0.457. The molecule has 5 N–H and O–H groups in total. The Bertz CT molecular complexity index is 1500. The van der Waals surface area contributed by atoms with E-state index in [2.05, 4.69) is 27.7 Å². The number of carbonyl (C=O) groups is 2. The van der Waals surface area contributed by atoms with Crippen molar-refractivity contribution in [1.29, 1.82) is 0 Å². The van der Waals surface area contributed by atoms with Crippen LogP contribution >= 0.6 is 11.2 Å². The molecule has 1 aliphatic heterocycles. The van der Waals surface area contributed by atoms with Gasteiger partial charge in [0.1, 0.15) is 41.8 Å². The monoisotopic (exact) mass is 649 g/mol. The summed E-state index contributed by atoms with van der Waals surface area (Å²) in [5.74, 6) is 5.21. The number of benzene rings is 2. The molecular weight excluding hydrogens is 606 g/mol. The van der Waals surface area contributed by atoms with Crippen LogP contribution in [0.3, 0.4) is 0 Å². The summed E-state index contributed by atoms with van der Waals surface area (Å²) in [5, 5.41) is 39.8. The van der Waals surface area contributed by atoms with Crippen molar-refractivity contribution in [2.75, 3.05) is 39.5 Å². The number of amides is 2. The van der Waals surface area contributed by atoms with Gasteiger partial charge in [0.25, 0.3) is 0 Å². The van der Waals surface area contributed by atoms with Crippen molar-refractivity contribution in [3.63, 3.8) is 0 Å². The van der Waals surface area contributed by atoms with Gasteiger partial charge in [-0.15, -0.1) is 24.0 Å². The average Bonchev–Trinajstić information content (AvgIpc) is 3.02. The molecule has 0 aliphatic carbocycles. The van der Waals surface area contributed by atoms with Gasteiger partial charge < -0.3 is 35.4 Å². The largest absolute Gasteiger partial charge is 0.493 e. The molecule has 3 rings (SSSR count). The highest BCUT2D eigenvalue weighted by Crippen LogP contribution is 2.34. The number of aliphatic hydroxyl groups excluding tert-OH is 3. The first-order valence-electron chi connectivity index (χ1n) is 14.9. The number of nitrogens with one attached hydrogen (secondary N) is 2. The lowest BCUT2D eigenvalue weighted by atomic mass is 9.89. The highest BCUT2D eigenvalue weighted by Gasteiger charge is 2.43. The lowest BCUT2D eigenvalue weighted by molar-refractivity contribution is -0.209. The fourth-order valence-corrected chi connectivity index (χ4v) is 5.34. The van der Waals surface area contributed by atoms with Gasteiger partial charge in [-0.2, -0.15) is 0 Å². The van der Waals surface area contributed by atoms with Gasteiger partial charge in [0.2, 0.25) is 11.8 Å². The molecule has 0 radical (unpaired) electrons. The Kier molecular flexibility index (Phi) is 13.6. The topological polar surface area (TPSA) is 141 Å². The van der Waals surface area contributed by atoms with Crippen molar-refractivity contribution in [3.05, 3.63) is 64.7 Å². The summed E-state index contributed by atoms with van der Waals surface area (Å²) >= 11 is 1.23. The van der Waals surface area contributed by atoms with Crippen LogP contribution in [0.25, 0.3) is 0 Å². The van der Waals surface area contributed by atoms with Crippen LogP contribution in [0.1, 0.15) is 48.6 Å². The van der Waals surface area contributed by atoms with Crippen molar-refractivity contribution >= 4 is 23.0 Å². The normalized spacial score (nSPS) is 21.0. The predicted octanol–water partition coefficient (Wildman–Crippen LogP) is 1.45. The Morgan fingerprint density at radius 2 is 1.80 bits per heavy atom. The van der Waals surface area contributed by atoms with E-state index < -0.39 is 36.1 Å². The minimum atomic E-state index is -1.40. The van der Waals surface area contributed by atoms with Gasteiger partial charge in [0.05, 0.1) is 19.6 Å². The molecule has 46 heavy (non-hydrogen) atoms. The van der Waals surface area contributed by atoms with E-state index in [1.807, 2.05) is 30.1 Å². The van der Waals surface area contributed by atoms with E-state index in [1.165, 1.54) is 11.2 Å². The zero-order valence-corrected chi connectivity index (χ0v) is 27.5. The number of hydrogen-bond donors (Lipinski definition) is 5. The minimum Gasteiger partial charge on any atom is -0.493 e. The number of nitrogens with zero attached hydrogens (tertiary/aromatic N) is 1. The molecule has 0 bridgehead atoms. The van der Waals surface area contributed by atoms with Gasteiger partial charge >= 0.3 is 0 Å². The molecule has 5 atom stereocenters. The third-order valence-corrected chi connectivity index (χ3v) is 8.00. The number of terminal acetylenes is 2. The van der Waals surface area contributed by atoms with Gasteiger partial charge in [-0.25, -0.2) is 0 Å². The number of hydrogen-bond acceptors (Lipinski definition) is 8. The summed E-state index contributed by atoms with van der Waals surface area (Å²) in [4.78, 5) is 27.0. The maximum absolute atomic E-state index is 12.5. The molecule has 1 fully saturated rings. The van der Waals surface area contributed by atoms with E-state index in [0.29, 0.717) is 42.9 Å². The molecule has 0 spiro atoms. The van der Waals surface area contributed by atoms with Crippen LogP contribution in [0.15, 0.2) is 42.5 Å². The highest BCUT2D eigenvalue weighted by molar-refractivity contribution is 7.87. The lowest BCUT2D eigenvalue weighted by Crippen LogP contribution is -2.55. The second-order valence-electron chi connectivity index (χ2n) is 11.6. The Morgan fingerprint density at radius 3 is 2.46 bits per heavy atom. The Morgan fingerprint density at radius 1 is 1.09 bits per heavy atom. The van der Waals surface area contributed by atoms with E-state index in [4.69, 9.17) is 22.3 Å². The summed E-state index contributed by atoms with van der Waals surface area (Å²) in [5.41, 5.74) is 1.97. The maximum Gasteiger partial charge on any atom is 0.245 e. The van der Waals surface area contributed by atoms with Gasteiger partial charge in [0.15, 0.2) is 0 Å². The molecule has 2 aromatic carbocycles. The van der Waals surface area contributed by atoms with Crippen LogP contribution < -0.4 is 15.4 Å². The molecular formula is C35H43N3O7S. The van der Waals surface area contributed by atoms with Crippen LogP contribution in [0.5, 0.6) is 5.75 Å². The molecule has 2 aromatic rings. The highest BCUT2D eigenvalue weighted by atomic mass is 32.1. The second-order valence-corrected chi connectivity index (χ2v) is 12.3. The summed E-state index contributed by atoms with van der Waals surface area (Å²) in [6.45, 7) is 4.90. The number of likely N-dealkylation sites (N-methyl/N-ethyl adjacent to an activating group) is 1.